The minimum Gasteiger partial charge on any atom is -0.256 e. The molecule has 2 nitrogen and oxygen atoms in total. The Hall–Kier alpha value is -1.84. The van der Waals surface area contributed by atoms with Gasteiger partial charge in [0.15, 0.2) is 5.82 Å². The molecule has 0 N–H and O–H groups in total. The second-order valence-corrected chi connectivity index (χ2v) is 2.71. The Morgan fingerprint density at radius 3 is 2.57 bits per heavy atom. The highest BCUT2D eigenvalue weighted by molar-refractivity contribution is 5.57. The summed E-state index contributed by atoms with van der Waals surface area (Å²) in [7, 11) is 0. The lowest BCUT2D eigenvalue weighted by molar-refractivity contribution is 0.480. The molecule has 0 saturated carbocycles. The summed E-state index contributed by atoms with van der Waals surface area (Å²) in [6.07, 6.45) is 2.83. The van der Waals surface area contributed by atoms with Gasteiger partial charge in [-0.3, -0.25) is 4.98 Å². The van der Waals surface area contributed by atoms with E-state index in [-0.39, 0.29) is 0 Å². The first-order valence-electron chi connectivity index (χ1n) is 4.00. The monoisotopic (exact) mass is 192 g/mol. The fraction of sp³-hybridized carbons (Fsp3) is 0. The number of aromatic nitrogens is 2. The summed E-state index contributed by atoms with van der Waals surface area (Å²) >= 11 is 0. The summed E-state index contributed by atoms with van der Waals surface area (Å²) in [5.74, 6) is -2.06. The second-order valence-electron chi connectivity index (χ2n) is 2.71. The fourth-order valence-electron chi connectivity index (χ4n) is 1.09. The highest BCUT2D eigenvalue weighted by atomic mass is 19.2. The molecule has 14 heavy (non-hydrogen) atoms. The highest BCUT2D eigenvalue weighted by Gasteiger charge is 2.05. The molecule has 0 spiro atoms. The van der Waals surface area contributed by atoms with Crippen LogP contribution in [0.2, 0.25) is 0 Å². The van der Waals surface area contributed by atoms with Crippen molar-refractivity contribution in [2.75, 3.05) is 0 Å². The van der Waals surface area contributed by atoms with Crippen molar-refractivity contribution in [3.8, 4) is 11.3 Å². The van der Waals surface area contributed by atoms with Gasteiger partial charge in [0.1, 0.15) is 0 Å². The molecule has 0 amide bonds. The molecule has 0 unspecified atom stereocenters. The summed E-state index contributed by atoms with van der Waals surface area (Å²) in [6.45, 7) is 0. The molecule has 0 saturated heterocycles. The molecule has 4 heteroatoms. The molecule has 0 bridgehead atoms. The average Bonchev–Trinajstić information content (AvgIpc) is 2.23. The van der Waals surface area contributed by atoms with Crippen molar-refractivity contribution in [1.29, 1.82) is 0 Å². The Balaban J connectivity index is 2.48. The molecular formula is C10H6F2N2. The number of nitrogens with zero attached hydrogens (tertiary/aromatic N) is 2. The zero-order valence-corrected chi connectivity index (χ0v) is 7.11. The minimum absolute atomic E-state index is 0.463. The second kappa shape index (κ2) is 3.49. The Labute approximate surface area is 79.3 Å². The van der Waals surface area contributed by atoms with Crippen molar-refractivity contribution >= 4 is 0 Å². The third-order valence-electron chi connectivity index (χ3n) is 1.76. The van der Waals surface area contributed by atoms with Crippen molar-refractivity contribution in [2.45, 2.75) is 0 Å². The smallest absolute Gasteiger partial charge is 0.248 e. The molecule has 0 aliphatic rings. The summed E-state index contributed by atoms with van der Waals surface area (Å²) in [5, 5.41) is 0. The van der Waals surface area contributed by atoms with Gasteiger partial charge < -0.3 is 0 Å². The number of rotatable bonds is 1. The molecule has 0 aliphatic carbocycles. The third-order valence-corrected chi connectivity index (χ3v) is 1.76. The van der Waals surface area contributed by atoms with Crippen LogP contribution in [-0.4, -0.2) is 9.97 Å². The van der Waals surface area contributed by atoms with E-state index in [2.05, 4.69) is 9.97 Å². The number of pyridine rings is 2. The molecule has 0 radical (unpaired) electrons. The molecule has 2 heterocycles. The van der Waals surface area contributed by atoms with Gasteiger partial charge in [-0.05, 0) is 18.2 Å². The maximum absolute atomic E-state index is 12.8. The van der Waals surface area contributed by atoms with Gasteiger partial charge in [-0.25, -0.2) is 9.37 Å². The molecule has 2 aromatic rings. The van der Waals surface area contributed by atoms with E-state index in [0.717, 1.165) is 6.07 Å². The van der Waals surface area contributed by atoms with Crippen LogP contribution in [0.15, 0.2) is 36.7 Å². The predicted molar refractivity (Wildman–Crippen MR) is 47.4 cm³/mol. The lowest BCUT2D eigenvalue weighted by atomic mass is 10.2. The van der Waals surface area contributed by atoms with E-state index in [1.165, 1.54) is 6.20 Å². The molecule has 0 aliphatic heterocycles. The Morgan fingerprint density at radius 1 is 1.07 bits per heavy atom. The number of hydrogen-bond acceptors (Lipinski definition) is 2. The number of halogens is 2. The summed E-state index contributed by atoms with van der Waals surface area (Å²) in [5.41, 5.74) is 1.03. The van der Waals surface area contributed by atoms with Gasteiger partial charge in [-0.15, -0.1) is 0 Å². The summed E-state index contributed by atoms with van der Waals surface area (Å²) in [6, 6.07) is 6.29. The summed E-state index contributed by atoms with van der Waals surface area (Å²) in [4.78, 5) is 7.26. The van der Waals surface area contributed by atoms with Crippen molar-refractivity contribution in [3.05, 3.63) is 48.4 Å². The standard InChI is InChI=1S/C10H6F2N2/c11-8-5-7(6-14-10(8)12)9-3-1-2-4-13-9/h1-6H. The van der Waals surface area contributed by atoms with Crippen molar-refractivity contribution < 1.29 is 8.78 Å². The largest absolute Gasteiger partial charge is 0.256 e. The van der Waals surface area contributed by atoms with E-state index in [9.17, 15) is 8.78 Å². The number of hydrogen-bond donors (Lipinski definition) is 0. The van der Waals surface area contributed by atoms with Crippen molar-refractivity contribution in [2.24, 2.45) is 0 Å². The van der Waals surface area contributed by atoms with Crippen LogP contribution in [0.1, 0.15) is 0 Å². The average molecular weight is 192 g/mol. The van der Waals surface area contributed by atoms with Gasteiger partial charge in [0.25, 0.3) is 0 Å². The maximum atomic E-state index is 12.8. The van der Waals surface area contributed by atoms with E-state index < -0.39 is 11.8 Å². The molecular weight excluding hydrogens is 186 g/mol. The van der Waals surface area contributed by atoms with Crippen LogP contribution in [0.25, 0.3) is 11.3 Å². The topological polar surface area (TPSA) is 25.8 Å². The zero-order chi connectivity index (χ0) is 9.97. The molecule has 2 rings (SSSR count). The molecule has 0 aromatic carbocycles. The molecule has 2 aromatic heterocycles. The third kappa shape index (κ3) is 1.59. The van der Waals surface area contributed by atoms with Crippen LogP contribution < -0.4 is 0 Å². The van der Waals surface area contributed by atoms with Gasteiger partial charge in [-0.1, -0.05) is 6.07 Å². The minimum atomic E-state index is -1.09. The molecule has 70 valence electrons. The quantitative estimate of drug-likeness (QED) is 0.648. The van der Waals surface area contributed by atoms with Crippen molar-refractivity contribution in [1.82, 2.24) is 9.97 Å². The van der Waals surface area contributed by atoms with Crippen LogP contribution >= 0.6 is 0 Å². The normalized spacial score (nSPS) is 10.1. The van der Waals surface area contributed by atoms with E-state index in [1.807, 2.05) is 0 Å². The summed E-state index contributed by atoms with van der Waals surface area (Å²) < 4.78 is 25.3. The predicted octanol–water partition coefficient (Wildman–Crippen LogP) is 2.42. The van der Waals surface area contributed by atoms with Crippen LogP contribution in [0.5, 0.6) is 0 Å². The highest BCUT2D eigenvalue weighted by Crippen LogP contribution is 2.16. The lowest BCUT2D eigenvalue weighted by Gasteiger charge is -1.99. The van der Waals surface area contributed by atoms with E-state index in [1.54, 1.807) is 24.4 Å². The van der Waals surface area contributed by atoms with Crippen LogP contribution in [-0.2, 0) is 0 Å². The van der Waals surface area contributed by atoms with Gasteiger partial charge in [0.2, 0.25) is 5.95 Å². The fourth-order valence-corrected chi connectivity index (χ4v) is 1.09. The Morgan fingerprint density at radius 2 is 1.93 bits per heavy atom. The van der Waals surface area contributed by atoms with Crippen LogP contribution in [0, 0.1) is 11.8 Å². The van der Waals surface area contributed by atoms with Crippen molar-refractivity contribution in [3.63, 3.8) is 0 Å². The van der Waals surface area contributed by atoms with Gasteiger partial charge in [0, 0.05) is 18.0 Å². The van der Waals surface area contributed by atoms with Crippen LogP contribution in [0.4, 0.5) is 8.78 Å². The maximum Gasteiger partial charge on any atom is 0.248 e. The SMILES string of the molecule is Fc1cc(-c2ccccn2)cnc1F. The van der Waals surface area contributed by atoms with E-state index >= 15 is 0 Å². The Kier molecular flexibility index (Phi) is 2.18. The molecule has 0 atom stereocenters. The first-order chi connectivity index (χ1) is 6.77. The van der Waals surface area contributed by atoms with E-state index in [4.69, 9.17) is 0 Å². The van der Waals surface area contributed by atoms with Gasteiger partial charge in [-0.2, -0.15) is 4.39 Å². The van der Waals surface area contributed by atoms with Crippen LogP contribution in [0.3, 0.4) is 0 Å². The first-order valence-corrected chi connectivity index (χ1v) is 4.00. The zero-order valence-electron chi connectivity index (χ0n) is 7.11. The lowest BCUT2D eigenvalue weighted by Crippen LogP contribution is -1.91. The van der Waals surface area contributed by atoms with E-state index in [0.29, 0.717) is 11.3 Å². The van der Waals surface area contributed by atoms with Gasteiger partial charge >= 0.3 is 0 Å². The van der Waals surface area contributed by atoms with Gasteiger partial charge in [0.05, 0.1) is 5.69 Å². The first kappa shape index (κ1) is 8.74. The molecule has 0 fully saturated rings. The Bertz CT molecular complexity index is 443.